The minimum Gasteiger partial charge on any atom is -0.394 e. The van der Waals surface area contributed by atoms with Gasteiger partial charge in [-0.15, -0.1) is 0 Å². The monoisotopic (exact) mass is 792 g/mol. The lowest BCUT2D eigenvalue weighted by atomic mass is 9.99. The Morgan fingerprint density at radius 1 is 0.600 bits per heavy atom. The highest BCUT2D eigenvalue weighted by molar-refractivity contribution is 5.76. The molecule has 1 fully saturated rings. The van der Waals surface area contributed by atoms with Crippen LogP contribution in [0.25, 0.3) is 0 Å². The van der Waals surface area contributed by atoms with E-state index < -0.39 is 62.2 Å². The van der Waals surface area contributed by atoms with E-state index in [1.807, 2.05) is 0 Å². The number of carbonyl (C=O) groups excluding carboxylic acids is 1. The van der Waals surface area contributed by atoms with Crippen LogP contribution in [0.2, 0.25) is 0 Å². The summed E-state index contributed by atoms with van der Waals surface area (Å²) in [6.45, 7) is 4.31. The summed E-state index contributed by atoms with van der Waals surface area (Å²) in [7, 11) is 0. The first kappa shape index (κ1) is 52.1. The van der Waals surface area contributed by atoms with Crippen molar-refractivity contribution in [1.82, 2.24) is 5.32 Å². The highest BCUT2D eigenvalue weighted by atomic mass is 16.7. The summed E-state index contributed by atoms with van der Waals surface area (Å²) in [5.74, 6) is -0.324. The number of hydrogen-bond donors (Lipinski definition) is 7. The molecule has 0 aromatic rings. The molecule has 0 aliphatic carbocycles. The Labute approximate surface area is 334 Å². The molecule has 1 amide bonds. The molecule has 1 rings (SSSR count). The molecule has 12 heteroatoms. The molecular formula is C43H85NO11. The quantitative estimate of drug-likeness (QED) is 0.0350. The first-order chi connectivity index (χ1) is 26.8. The second-order valence-electron chi connectivity index (χ2n) is 15.8. The summed E-state index contributed by atoms with van der Waals surface area (Å²) in [6, 6.07) is -1.11. The number of ether oxygens (including phenoxy) is 4. The lowest BCUT2D eigenvalue weighted by molar-refractivity contribution is -0.297. The van der Waals surface area contributed by atoms with Crippen LogP contribution >= 0.6 is 0 Å². The number of nitrogens with one attached hydrogen (secondary N) is 1. The van der Waals surface area contributed by atoms with E-state index in [1.54, 1.807) is 0 Å². The lowest BCUT2D eigenvalue weighted by Gasteiger charge is -2.40. The number of aliphatic hydroxyl groups excluding tert-OH is 6. The van der Waals surface area contributed by atoms with E-state index in [4.69, 9.17) is 18.9 Å². The highest BCUT2D eigenvalue weighted by Crippen LogP contribution is 2.23. The molecule has 0 spiro atoms. The SMILES string of the molecule is CCCCCCCCCCCCCCCCCCCCCCCCCC(=O)N[C@@H](CO[C@@H]1[C@@H](O)[C@@H](O)[C@@H](CO)O[C@@H]1O)[C@H](O)[C@H](O)COCCOCCCC. The molecule has 0 bridgehead atoms. The average Bonchev–Trinajstić information content (AvgIpc) is 3.18. The van der Waals surface area contributed by atoms with Gasteiger partial charge in [0.1, 0.15) is 36.6 Å². The number of aliphatic hydroxyl groups is 6. The van der Waals surface area contributed by atoms with E-state index in [-0.39, 0.29) is 25.5 Å². The van der Waals surface area contributed by atoms with E-state index in [0.29, 0.717) is 19.6 Å². The van der Waals surface area contributed by atoms with Crippen molar-refractivity contribution in [1.29, 1.82) is 0 Å². The number of unbranched alkanes of at least 4 members (excludes halogenated alkanes) is 23. The predicted octanol–water partition coefficient (Wildman–Crippen LogP) is 6.23. The fourth-order valence-corrected chi connectivity index (χ4v) is 7.08. The van der Waals surface area contributed by atoms with E-state index in [9.17, 15) is 35.4 Å². The zero-order valence-corrected chi connectivity index (χ0v) is 35.0. The third kappa shape index (κ3) is 26.6. The van der Waals surface area contributed by atoms with Gasteiger partial charge in [-0.05, 0) is 12.8 Å². The second-order valence-corrected chi connectivity index (χ2v) is 15.8. The number of amides is 1. The van der Waals surface area contributed by atoms with Crippen LogP contribution < -0.4 is 5.32 Å². The van der Waals surface area contributed by atoms with Crippen LogP contribution in [-0.2, 0) is 23.7 Å². The summed E-state index contributed by atoms with van der Waals surface area (Å²) in [4.78, 5) is 12.9. The molecule has 328 valence electrons. The molecule has 0 aromatic carbocycles. The van der Waals surface area contributed by atoms with E-state index in [1.165, 1.54) is 122 Å². The van der Waals surface area contributed by atoms with Crippen molar-refractivity contribution < 1.29 is 54.4 Å². The summed E-state index contributed by atoms with van der Waals surface area (Å²) in [5.41, 5.74) is 0. The molecule has 0 unspecified atom stereocenters. The Morgan fingerprint density at radius 2 is 1.05 bits per heavy atom. The van der Waals surface area contributed by atoms with Crippen LogP contribution in [0.4, 0.5) is 0 Å². The van der Waals surface area contributed by atoms with Gasteiger partial charge in [-0.1, -0.05) is 162 Å². The maximum Gasteiger partial charge on any atom is 0.220 e. The molecule has 0 aromatic heterocycles. The summed E-state index contributed by atoms with van der Waals surface area (Å²) in [5, 5.41) is 64.6. The number of rotatable bonds is 39. The van der Waals surface area contributed by atoms with Crippen LogP contribution in [-0.4, -0.2) is 125 Å². The Hall–Kier alpha value is -0.930. The number of hydrogen-bond acceptors (Lipinski definition) is 11. The average molecular weight is 792 g/mol. The van der Waals surface area contributed by atoms with Gasteiger partial charge in [-0.2, -0.15) is 0 Å². The molecule has 0 saturated carbocycles. The molecule has 0 radical (unpaired) electrons. The summed E-state index contributed by atoms with van der Waals surface area (Å²) >= 11 is 0. The minimum atomic E-state index is -1.67. The highest BCUT2D eigenvalue weighted by Gasteiger charge is 2.45. The number of carbonyl (C=O) groups is 1. The van der Waals surface area contributed by atoms with Gasteiger partial charge in [0.2, 0.25) is 5.91 Å². The Balaban J connectivity index is 2.23. The third-order valence-electron chi connectivity index (χ3n) is 10.8. The second kappa shape index (κ2) is 36.2. The fourth-order valence-electron chi connectivity index (χ4n) is 7.08. The van der Waals surface area contributed by atoms with Crippen molar-refractivity contribution in [3.63, 3.8) is 0 Å². The molecule has 1 aliphatic heterocycles. The smallest absolute Gasteiger partial charge is 0.220 e. The maximum absolute atomic E-state index is 12.9. The van der Waals surface area contributed by atoms with Gasteiger partial charge in [0.15, 0.2) is 6.29 Å². The standard InChI is InChI=1S/C43H85NO11/c1-3-5-7-8-9-10-11-12-13-14-15-16-17-18-19-20-21-22-23-24-25-26-27-28-38(47)44-35(39(48)36(46)34-53-31-30-52-29-6-4-2)33-54-42-41(50)40(49)37(32-45)55-43(42)51/h35-37,39-43,45-46,48-51H,3-34H2,1-2H3,(H,44,47)/t35-,36+,37+,39-,40-,41-,42+,43-/m0/s1. The van der Waals surface area contributed by atoms with Gasteiger partial charge in [-0.25, -0.2) is 0 Å². The van der Waals surface area contributed by atoms with Gasteiger partial charge in [0, 0.05) is 13.0 Å². The summed E-state index contributed by atoms with van der Waals surface area (Å²) < 4.78 is 21.7. The normalized spacial score (nSPS) is 21.8. The van der Waals surface area contributed by atoms with Crippen molar-refractivity contribution in [2.24, 2.45) is 0 Å². The molecule has 7 N–H and O–H groups in total. The predicted molar refractivity (Wildman–Crippen MR) is 217 cm³/mol. The molecule has 1 heterocycles. The van der Waals surface area contributed by atoms with Gasteiger partial charge in [0.25, 0.3) is 0 Å². The van der Waals surface area contributed by atoms with Crippen LogP contribution in [0.3, 0.4) is 0 Å². The van der Waals surface area contributed by atoms with Crippen LogP contribution in [0.1, 0.15) is 181 Å². The molecule has 12 nitrogen and oxygen atoms in total. The topological polar surface area (TPSA) is 187 Å². The Morgan fingerprint density at radius 3 is 1.53 bits per heavy atom. The van der Waals surface area contributed by atoms with Gasteiger partial charge < -0.3 is 54.9 Å². The zero-order valence-electron chi connectivity index (χ0n) is 35.0. The molecule has 1 saturated heterocycles. The van der Waals surface area contributed by atoms with Crippen molar-refractivity contribution in [3.8, 4) is 0 Å². The van der Waals surface area contributed by atoms with Crippen molar-refractivity contribution in [3.05, 3.63) is 0 Å². The Kier molecular flexibility index (Phi) is 34.3. The van der Waals surface area contributed by atoms with Gasteiger partial charge in [0.05, 0.1) is 39.1 Å². The van der Waals surface area contributed by atoms with Crippen LogP contribution in [0.5, 0.6) is 0 Å². The van der Waals surface area contributed by atoms with E-state index >= 15 is 0 Å². The van der Waals surface area contributed by atoms with E-state index in [2.05, 4.69) is 19.2 Å². The van der Waals surface area contributed by atoms with Gasteiger partial charge in [-0.3, -0.25) is 4.79 Å². The van der Waals surface area contributed by atoms with Crippen molar-refractivity contribution in [2.45, 2.75) is 230 Å². The Bertz CT molecular complexity index is 855. The molecule has 1 aliphatic rings. The van der Waals surface area contributed by atoms with Crippen molar-refractivity contribution >= 4 is 5.91 Å². The van der Waals surface area contributed by atoms with Crippen LogP contribution in [0.15, 0.2) is 0 Å². The van der Waals surface area contributed by atoms with Crippen LogP contribution in [0, 0.1) is 0 Å². The summed E-state index contributed by atoms with van der Waals surface area (Å²) in [6.07, 6.45) is 21.7. The fraction of sp³-hybridized carbons (Fsp3) is 0.977. The van der Waals surface area contributed by atoms with E-state index in [0.717, 1.165) is 32.1 Å². The maximum atomic E-state index is 12.9. The zero-order chi connectivity index (χ0) is 40.4. The first-order valence-corrected chi connectivity index (χ1v) is 22.5. The molecule has 8 atom stereocenters. The molecular weight excluding hydrogens is 706 g/mol. The largest absolute Gasteiger partial charge is 0.394 e. The minimum absolute atomic E-state index is 0.209. The van der Waals surface area contributed by atoms with Crippen molar-refractivity contribution in [2.75, 3.05) is 39.6 Å². The lowest BCUT2D eigenvalue weighted by Crippen LogP contribution is -2.60. The third-order valence-corrected chi connectivity index (χ3v) is 10.8. The molecule has 55 heavy (non-hydrogen) atoms. The van der Waals surface area contributed by atoms with Gasteiger partial charge >= 0.3 is 0 Å². The first-order valence-electron chi connectivity index (χ1n) is 22.5.